The molecule has 4 bridgehead atoms. The van der Waals surface area contributed by atoms with Crippen molar-refractivity contribution in [3.8, 4) is 0 Å². The van der Waals surface area contributed by atoms with Gasteiger partial charge >= 0.3 is 6.03 Å². The van der Waals surface area contributed by atoms with Crippen LogP contribution in [0, 0.1) is 17.8 Å². The highest BCUT2D eigenvalue weighted by Crippen LogP contribution is 2.55. The van der Waals surface area contributed by atoms with Gasteiger partial charge in [0.15, 0.2) is 0 Å². The molecule has 4 aliphatic rings. The third kappa shape index (κ3) is 5.13. The van der Waals surface area contributed by atoms with Crippen molar-refractivity contribution in [1.82, 2.24) is 20.2 Å². The van der Waals surface area contributed by atoms with Crippen molar-refractivity contribution < 1.29 is 9.59 Å². The van der Waals surface area contributed by atoms with E-state index in [0.29, 0.717) is 19.0 Å². The van der Waals surface area contributed by atoms with Crippen LogP contribution in [0.1, 0.15) is 76.1 Å². The van der Waals surface area contributed by atoms with Crippen LogP contribution in [0.5, 0.6) is 0 Å². The monoisotopic (exact) mass is 463 g/mol. The molecule has 4 aliphatic carbocycles. The van der Waals surface area contributed by atoms with Gasteiger partial charge in [0.25, 0.3) is 0 Å². The van der Waals surface area contributed by atoms with Crippen LogP contribution in [-0.2, 0) is 11.3 Å². The Hall–Kier alpha value is -2.83. The molecule has 1 aromatic carbocycles. The number of hydrogen-bond acceptors (Lipinski definition) is 3. The first kappa shape index (κ1) is 22.9. The number of nitrogens with one attached hydrogen (secondary N) is 3. The molecule has 3 amide bonds. The second-order valence-electron chi connectivity index (χ2n) is 11.1. The van der Waals surface area contributed by atoms with Gasteiger partial charge in [-0.05, 0) is 74.0 Å². The zero-order valence-corrected chi connectivity index (χ0v) is 20.3. The number of rotatable bonds is 8. The Morgan fingerprint density at radius 3 is 2.50 bits per heavy atom. The Kier molecular flexibility index (Phi) is 6.36. The van der Waals surface area contributed by atoms with Gasteiger partial charge in [-0.2, -0.15) is 0 Å². The summed E-state index contributed by atoms with van der Waals surface area (Å²) in [5, 5.41) is 9.17. The van der Waals surface area contributed by atoms with E-state index in [1.165, 1.54) is 19.3 Å². The molecule has 0 spiro atoms. The number of anilines is 1. The fraction of sp³-hybridized carbons (Fsp3) is 0.593. The predicted molar refractivity (Wildman–Crippen MR) is 133 cm³/mol. The molecule has 6 rings (SSSR count). The number of urea groups is 1. The Labute approximate surface area is 202 Å². The summed E-state index contributed by atoms with van der Waals surface area (Å²) in [6, 6.07) is 7.77. The molecular formula is C27H37N5O2. The second kappa shape index (κ2) is 9.43. The molecule has 182 valence electrons. The molecule has 4 saturated carbocycles. The van der Waals surface area contributed by atoms with Crippen molar-refractivity contribution in [2.75, 3.05) is 11.9 Å². The molecule has 0 aliphatic heterocycles. The van der Waals surface area contributed by atoms with Crippen LogP contribution >= 0.6 is 0 Å². The fourth-order valence-corrected chi connectivity index (χ4v) is 6.96. The smallest absolute Gasteiger partial charge is 0.315 e. The zero-order valence-electron chi connectivity index (χ0n) is 20.3. The minimum absolute atomic E-state index is 0.00773. The molecule has 0 unspecified atom stereocenters. The third-order valence-electron chi connectivity index (χ3n) is 7.88. The highest BCUT2D eigenvalue weighted by Gasteiger charge is 2.51. The van der Waals surface area contributed by atoms with Crippen LogP contribution in [0.2, 0.25) is 0 Å². The van der Waals surface area contributed by atoms with Crippen molar-refractivity contribution in [1.29, 1.82) is 0 Å². The first-order chi connectivity index (χ1) is 16.4. The largest absolute Gasteiger partial charge is 0.338 e. The van der Waals surface area contributed by atoms with Gasteiger partial charge in [-0.3, -0.25) is 4.79 Å². The molecule has 0 saturated heterocycles. The zero-order chi connectivity index (χ0) is 23.7. The van der Waals surface area contributed by atoms with E-state index in [1.54, 1.807) is 0 Å². The second-order valence-corrected chi connectivity index (χ2v) is 11.1. The summed E-state index contributed by atoms with van der Waals surface area (Å²) in [5.74, 6) is 3.67. The number of hydrogen-bond donors (Lipinski definition) is 3. The summed E-state index contributed by atoms with van der Waals surface area (Å²) in [7, 11) is 0. The van der Waals surface area contributed by atoms with Crippen molar-refractivity contribution in [3.05, 3.63) is 48.0 Å². The lowest BCUT2D eigenvalue weighted by molar-refractivity contribution is -0.116. The molecule has 2 aromatic rings. The number of imidazole rings is 1. The normalized spacial score (nSPS) is 27.1. The van der Waals surface area contributed by atoms with E-state index in [1.807, 2.05) is 30.6 Å². The number of aromatic nitrogens is 2. The van der Waals surface area contributed by atoms with Gasteiger partial charge in [0.2, 0.25) is 5.91 Å². The molecule has 0 atom stereocenters. The highest BCUT2D eigenvalue weighted by atomic mass is 16.2. The van der Waals surface area contributed by atoms with E-state index < -0.39 is 0 Å². The van der Waals surface area contributed by atoms with E-state index in [2.05, 4.69) is 45.4 Å². The van der Waals surface area contributed by atoms with Crippen LogP contribution in [-0.4, -0.2) is 33.6 Å². The molecule has 4 fully saturated rings. The lowest BCUT2D eigenvalue weighted by Crippen LogP contribution is -2.61. The third-order valence-corrected chi connectivity index (χ3v) is 7.88. The number of carbonyl (C=O) groups is 2. The van der Waals surface area contributed by atoms with Gasteiger partial charge in [-0.1, -0.05) is 26.0 Å². The molecule has 7 heteroatoms. The van der Waals surface area contributed by atoms with Gasteiger partial charge < -0.3 is 20.5 Å². The molecule has 34 heavy (non-hydrogen) atoms. The molecule has 1 aromatic heterocycles. The van der Waals surface area contributed by atoms with Gasteiger partial charge in [0.1, 0.15) is 5.82 Å². The van der Waals surface area contributed by atoms with Crippen LogP contribution in [0.15, 0.2) is 36.7 Å². The van der Waals surface area contributed by atoms with E-state index >= 15 is 0 Å². The average molecular weight is 464 g/mol. The van der Waals surface area contributed by atoms with Gasteiger partial charge in [0, 0.05) is 49.0 Å². The summed E-state index contributed by atoms with van der Waals surface area (Å²) in [6.45, 7) is 5.31. The standard InChI is InChI=1S/C27H37N5O2/c1-18(2)25-28-8-9-32(25)17-19-4-3-5-23(13-19)30-24(33)6-7-29-26(34)31-27-14-20-10-21(15-27)12-22(11-20)16-27/h3-5,8-9,13,18,20-22H,6-7,10-12,14-17H2,1-2H3,(H,30,33)(H2,29,31,34). The summed E-state index contributed by atoms with van der Waals surface area (Å²) in [4.78, 5) is 29.5. The van der Waals surface area contributed by atoms with E-state index in [4.69, 9.17) is 0 Å². The Balaban J connectivity index is 1.08. The summed E-state index contributed by atoms with van der Waals surface area (Å²) >= 11 is 0. The first-order valence-corrected chi connectivity index (χ1v) is 12.8. The molecular weight excluding hydrogens is 426 g/mol. The molecule has 0 radical (unpaired) electrons. The highest BCUT2D eigenvalue weighted by molar-refractivity contribution is 5.91. The molecule has 7 nitrogen and oxygen atoms in total. The minimum Gasteiger partial charge on any atom is -0.338 e. The average Bonchev–Trinajstić information content (AvgIpc) is 3.21. The number of benzene rings is 1. The lowest BCUT2D eigenvalue weighted by Gasteiger charge is -2.56. The topological polar surface area (TPSA) is 88.1 Å². The van der Waals surface area contributed by atoms with Gasteiger partial charge in [-0.25, -0.2) is 9.78 Å². The SMILES string of the molecule is CC(C)c1nccn1Cc1cccc(NC(=O)CCNC(=O)NC23CC4CC(CC(C4)C2)C3)c1. The maximum absolute atomic E-state index is 12.6. The Morgan fingerprint density at radius 2 is 1.82 bits per heavy atom. The van der Waals surface area contributed by atoms with Gasteiger partial charge in [-0.15, -0.1) is 0 Å². The van der Waals surface area contributed by atoms with Crippen LogP contribution in [0.25, 0.3) is 0 Å². The van der Waals surface area contributed by atoms with Crippen LogP contribution in [0.4, 0.5) is 10.5 Å². The maximum Gasteiger partial charge on any atom is 0.315 e. The minimum atomic E-state index is -0.127. The number of amides is 3. The Bertz CT molecular complexity index is 1010. The van der Waals surface area contributed by atoms with E-state index in [9.17, 15) is 9.59 Å². The predicted octanol–water partition coefficient (Wildman–Crippen LogP) is 4.65. The van der Waals surface area contributed by atoms with Crippen molar-refractivity contribution in [3.63, 3.8) is 0 Å². The van der Waals surface area contributed by atoms with E-state index in [0.717, 1.165) is 54.1 Å². The summed E-state index contributed by atoms with van der Waals surface area (Å²) in [6.07, 6.45) is 11.5. The Morgan fingerprint density at radius 1 is 1.12 bits per heavy atom. The van der Waals surface area contributed by atoms with Crippen molar-refractivity contribution >= 4 is 17.6 Å². The fourth-order valence-electron chi connectivity index (χ4n) is 6.96. The van der Waals surface area contributed by atoms with Crippen LogP contribution in [0.3, 0.4) is 0 Å². The summed E-state index contributed by atoms with van der Waals surface area (Å²) < 4.78 is 2.14. The maximum atomic E-state index is 12.6. The number of carbonyl (C=O) groups excluding carboxylic acids is 2. The quantitative estimate of drug-likeness (QED) is 0.532. The molecule has 3 N–H and O–H groups in total. The van der Waals surface area contributed by atoms with Crippen molar-refractivity contribution in [2.24, 2.45) is 17.8 Å². The first-order valence-electron chi connectivity index (χ1n) is 12.8. The summed E-state index contributed by atoms with van der Waals surface area (Å²) in [5.41, 5.74) is 1.86. The van der Waals surface area contributed by atoms with Gasteiger partial charge in [0.05, 0.1) is 0 Å². The molecule has 1 heterocycles. The van der Waals surface area contributed by atoms with Crippen molar-refractivity contribution in [2.45, 2.75) is 76.8 Å². The number of nitrogens with zero attached hydrogens (tertiary/aromatic N) is 2. The van der Waals surface area contributed by atoms with E-state index in [-0.39, 0.29) is 23.9 Å². The lowest BCUT2D eigenvalue weighted by atomic mass is 9.53. The van der Waals surface area contributed by atoms with Crippen LogP contribution < -0.4 is 16.0 Å².